The van der Waals surface area contributed by atoms with Crippen LogP contribution in [0.2, 0.25) is 0 Å². The van der Waals surface area contributed by atoms with E-state index >= 15 is 0 Å². The van der Waals surface area contributed by atoms with Crippen LogP contribution in [-0.2, 0) is 13.5 Å². The molecular formula is C25H26N4O3. The average molecular weight is 431 g/mol. The van der Waals surface area contributed by atoms with Crippen molar-refractivity contribution < 1.29 is 9.84 Å². The number of hydrogen-bond donors (Lipinski definition) is 1. The molecule has 0 aliphatic heterocycles. The summed E-state index contributed by atoms with van der Waals surface area (Å²) in [6.07, 6.45) is 7.95. The normalized spacial score (nSPS) is 18.3. The van der Waals surface area contributed by atoms with Crippen LogP contribution < -0.4 is 10.3 Å². The van der Waals surface area contributed by atoms with Crippen molar-refractivity contribution in [1.29, 1.82) is 0 Å². The fourth-order valence-electron chi connectivity index (χ4n) is 4.62. The molecule has 7 heteroatoms. The molecule has 0 bridgehead atoms. The second-order valence-electron chi connectivity index (χ2n) is 8.48. The SMILES string of the molecule is COc1cc2ncn(C3CCCC3O)c(=O)c2cc1Cc1ccc(-c2cnn(C)c2)cc1. The highest BCUT2D eigenvalue weighted by atomic mass is 16.5. The van der Waals surface area contributed by atoms with Gasteiger partial charge in [-0.1, -0.05) is 24.3 Å². The minimum absolute atomic E-state index is 0.114. The lowest BCUT2D eigenvalue weighted by atomic mass is 10.00. The highest BCUT2D eigenvalue weighted by Gasteiger charge is 2.28. The van der Waals surface area contributed by atoms with E-state index in [0.717, 1.165) is 41.5 Å². The van der Waals surface area contributed by atoms with Crippen molar-refractivity contribution in [1.82, 2.24) is 19.3 Å². The molecule has 4 aromatic rings. The standard InChI is InChI=1S/C25H26N4O3/c1-28-14-19(13-27-28)17-8-6-16(7-9-17)10-18-11-20-21(12-24(18)32-2)26-15-29(25(20)31)22-4-3-5-23(22)30/h6-9,11-15,22-23,30H,3-5,10H2,1-2H3. The van der Waals surface area contributed by atoms with Gasteiger partial charge in [0.1, 0.15) is 5.75 Å². The minimum atomic E-state index is -0.497. The van der Waals surface area contributed by atoms with Gasteiger partial charge < -0.3 is 9.84 Å². The van der Waals surface area contributed by atoms with Crippen LogP contribution in [0.25, 0.3) is 22.0 Å². The highest BCUT2D eigenvalue weighted by Crippen LogP contribution is 2.30. The summed E-state index contributed by atoms with van der Waals surface area (Å²) in [4.78, 5) is 17.7. The maximum Gasteiger partial charge on any atom is 0.261 e. The van der Waals surface area contributed by atoms with Crippen molar-refractivity contribution in [2.24, 2.45) is 7.05 Å². The molecule has 1 N–H and O–H groups in total. The number of methoxy groups -OCH3 is 1. The summed E-state index contributed by atoms with van der Waals surface area (Å²) >= 11 is 0. The topological polar surface area (TPSA) is 82.2 Å². The molecule has 1 fully saturated rings. The zero-order valence-corrected chi connectivity index (χ0v) is 18.2. The molecule has 0 saturated heterocycles. The Labute approximate surface area is 185 Å². The van der Waals surface area contributed by atoms with Gasteiger partial charge in [0.15, 0.2) is 0 Å². The van der Waals surface area contributed by atoms with Crippen LogP contribution in [0.5, 0.6) is 5.75 Å². The predicted molar refractivity (Wildman–Crippen MR) is 123 cm³/mol. The molecule has 0 radical (unpaired) electrons. The molecule has 0 amide bonds. The summed E-state index contributed by atoms with van der Waals surface area (Å²) in [5.41, 5.74) is 4.71. The van der Waals surface area contributed by atoms with Crippen molar-refractivity contribution in [3.8, 4) is 16.9 Å². The molecular weight excluding hydrogens is 404 g/mol. The zero-order chi connectivity index (χ0) is 22.2. The fraction of sp³-hybridized carbons (Fsp3) is 0.320. The molecule has 2 aromatic carbocycles. The van der Waals surface area contributed by atoms with E-state index in [1.54, 1.807) is 22.7 Å². The molecule has 2 atom stereocenters. The van der Waals surface area contributed by atoms with Gasteiger partial charge >= 0.3 is 0 Å². The number of ether oxygens (including phenoxy) is 1. The Kier molecular flexibility index (Phi) is 5.27. The Bertz CT molecular complexity index is 1320. The molecule has 2 unspecified atom stereocenters. The average Bonchev–Trinajstić information content (AvgIpc) is 3.43. The third kappa shape index (κ3) is 3.69. The third-order valence-electron chi connectivity index (χ3n) is 6.37. The molecule has 2 heterocycles. The van der Waals surface area contributed by atoms with Crippen LogP contribution in [0.4, 0.5) is 0 Å². The van der Waals surface area contributed by atoms with Crippen LogP contribution in [-0.4, -0.2) is 37.7 Å². The number of aryl methyl sites for hydroxylation is 1. The lowest BCUT2D eigenvalue weighted by Crippen LogP contribution is -2.29. The van der Waals surface area contributed by atoms with E-state index in [0.29, 0.717) is 23.1 Å². The number of aliphatic hydroxyl groups is 1. The van der Waals surface area contributed by atoms with Gasteiger partial charge in [-0.2, -0.15) is 5.10 Å². The van der Waals surface area contributed by atoms with Gasteiger partial charge in [-0.3, -0.25) is 14.0 Å². The highest BCUT2D eigenvalue weighted by molar-refractivity contribution is 5.80. The van der Waals surface area contributed by atoms with E-state index in [9.17, 15) is 9.90 Å². The van der Waals surface area contributed by atoms with Crippen molar-refractivity contribution in [3.05, 3.63) is 76.6 Å². The van der Waals surface area contributed by atoms with Crippen molar-refractivity contribution in [3.63, 3.8) is 0 Å². The Morgan fingerprint density at radius 3 is 2.62 bits per heavy atom. The van der Waals surface area contributed by atoms with Crippen LogP contribution in [0.15, 0.2) is 59.9 Å². The van der Waals surface area contributed by atoms with Gasteiger partial charge in [-0.15, -0.1) is 0 Å². The smallest absolute Gasteiger partial charge is 0.261 e. The summed E-state index contributed by atoms with van der Waals surface area (Å²) in [6.45, 7) is 0. The van der Waals surface area contributed by atoms with E-state index in [2.05, 4.69) is 34.3 Å². The van der Waals surface area contributed by atoms with E-state index in [4.69, 9.17) is 4.74 Å². The Hall–Kier alpha value is -3.45. The van der Waals surface area contributed by atoms with Crippen molar-refractivity contribution in [2.45, 2.75) is 37.8 Å². The minimum Gasteiger partial charge on any atom is -0.496 e. The quantitative estimate of drug-likeness (QED) is 0.524. The summed E-state index contributed by atoms with van der Waals surface area (Å²) < 4.78 is 8.99. The van der Waals surface area contributed by atoms with Gasteiger partial charge in [0.25, 0.3) is 5.56 Å². The van der Waals surface area contributed by atoms with Gasteiger partial charge in [0.2, 0.25) is 0 Å². The second kappa shape index (κ2) is 8.24. The first-order chi connectivity index (χ1) is 15.5. The van der Waals surface area contributed by atoms with Crippen LogP contribution in [0, 0.1) is 0 Å². The fourth-order valence-corrected chi connectivity index (χ4v) is 4.62. The largest absolute Gasteiger partial charge is 0.496 e. The maximum absolute atomic E-state index is 13.2. The first-order valence-corrected chi connectivity index (χ1v) is 10.9. The number of hydrogen-bond acceptors (Lipinski definition) is 5. The van der Waals surface area contributed by atoms with Crippen molar-refractivity contribution in [2.75, 3.05) is 7.11 Å². The molecule has 7 nitrogen and oxygen atoms in total. The Balaban J connectivity index is 1.50. The van der Waals surface area contributed by atoms with E-state index < -0.39 is 6.10 Å². The van der Waals surface area contributed by atoms with Gasteiger partial charge in [0, 0.05) is 31.3 Å². The van der Waals surface area contributed by atoms with Gasteiger partial charge in [-0.05, 0) is 42.0 Å². The molecule has 164 valence electrons. The monoisotopic (exact) mass is 430 g/mol. The number of aliphatic hydroxyl groups excluding tert-OH is 1. The molecule has 5 rings (SSSR count). The summed E-state index contributed by atoms with van der Waals surface area (Å²) in [6, 6.07) is 11.8. The molecule has 1 aliphatic carbocycles. The van der Waals surface area contributed by atoms with Crippen LogP contribution >= 0.6 is 0 Å². The lowest BCUT2D eigenvalue weighted by molar-refractivity contribution is 0.134. The lowest BCUT2D eigenvalue weighted by Gasteiger charge is -2.18. The third-order valence-corrected chi connectivity index (χ3v) is 6.37. The Morgan fingerprint density at radius 1 is 1.16 bits per heavy atom. The van der Waals surface area contributed by atoms with Crippen molar-refractivity contribution >= 4 is 10.9 Å². The molecule has 1 saturated carbocycles. The molecule has 1 aliphatic rings. The van der Waals surface area contributed by atoms with E-state index in [1.807, 2.05) is 31.6 Å². The van der Waals surface area contributed by atoms with Crippen LogP contribution in [0.1, 0.15) is 36.4 Å². The molecule has 2 aromatic heterocycles. The number of fused-ring (bicyclic) bond motifs is 1. The second-order valence-corrected chi connectivity index (χ2v) is 8.48. The first-order valence-electron chi connectivity index (χ1n) is 10.9. The summed E-state index contributed by atoms with van der Waals surface area (Å²) in [5, 5.41) is 15.0. The predicted octanol–water partition coefficient (Wildman–Crippen LogP) is 3.48. The number of nitrogens with zero attached hydrogens (tertiary/aromatic N) is 4. The molecule has 32 heavy (non-hydrogen) atoms. The number of benzene rings is 2. The Morgan fingerprint density at radius 2 is 1.97 bits per heavy atom. The van der Waals surface area contributed by atoms with Gasteiger partial charge in [0.05, 0.1) is 42.7 Å². The van der Waals surface area contributed by atoms with E-state index in [-0.39, 0.29) is 11.6 Å². The molecule has 0 spiro atoms. The maximum atomic E-state index is 13.2. The first kappa shape index (κ1) is 20.5. The van der Waals surface area contributed by atoms with Crippen LogP contribution in [0.3, 0.4) is 0 Å². The summed E-state index contributed by atoms with van der Waals surface area (Å²) in [5.74, 6) is 0.708. The number of aromatic nitrogens is 4. The summed E-state index contributed by atoms with van der Waals surface area (Å²) in [7, 11) is 3.53. The van der Waals surface area contributed by atoms with Gasteiger partial charge in [-0.25, -0.2) is 4.98 Å². The van der Waals surface area contributed by atoms with E-state index in [1.165, 1.54) is 0 Å². The number of rotatable bonds is 5. The zero-order valence-electron chi connectivity index (χ0n) is 18.2.